The van der Waals surface area contributed by atoms with Crippen LogP contribution in [0.2, 0.25) is 0 Å². The summed E-state index contributed by atoms with van der Waals surface area (Å²) in [5.41, 5.74) is 9.67. The Hall–Kier alpha value is -0.120. The van der Waals surface area contributed by atoms with Gasteiger partial charge < -0.3 is 16.2 Å². The van der Waals surface area contributed by atoms with Crippen LogP contribution in [-0.2, 0) is 4.74 Å². The van der Waals surface area contributed by atoms with Crippen molar-refractivity contribution in [2.24, 2.45) is 11.5 Å². The van der Waals surface area contributed by atoms with Gasteiger partial charge in [0.05, 0.1) is 13.5 Å². The molecule has 0 spiro atoms. The van der Waals surface area contributed by atoms with Crippen LogP contribution in [0, 0.1) is 0 Å². The predicted molar refractivity (Wildman–Crippen MR) is 32.7 cm³/mol. The van der Waals surface area contributed by atoms with Gasteiger partial charge in [-0.2, -0.15) is 0 Å². The molecule has 3 heteroatoms. The molecule has 0 atom stereocenters. The zero-order chi connectivity index (χ0) is 4.12. The lowest BCUT2D eigenvalue weighted by Gasteiger charge is -1.87. The molecule has 3 nitrogen and oxygen atoms in total. The van der Waals surface area contributed by atoms with E-state index >= 15 is 0 Å². The van der Waals surface area contributed by atoms with Crippen LogP contribution in [0.3, 0.4) is 0 Å². The summed E-state index contributed by atoms with van der Waals surface area (Å²) < 4.78 is 4.39. The van der Waals surface area contributed by atoms with E-state index in [1.165, 1.54) is 0 Å². The van der Waals surface area contributed by atoms with Gasteiger partial charge in [0.25, 0.3) is 0 Å². The van der Waals surface area contributed by atoms with Gasteiger partial charge in [-0.15, -0.1) is 0 Å². The Morgan fingerprint density at radius 1 is 1.00 bits per heavy atom. The highest BCUT2D eigenvalue weighted by Crippen LogP contribution is 1.49. The average molecular weight is 108 g/mol. The zero-order valence-corrected chi connectivity index (χ0v) is 2.98. The van der Waals surface area contributed by atoms with Crippen LogP contribution < -0.4 is 11.5 Å². The van der Waals surface area contributed by atoms with Gasteiger partial charge in [-0.05, 0) is 0 Å². The normalized spacial score (nSPS) is 6.00. The average Bonchev–Trinajstić information content (AvgIpc) is 1.41. The third kappa shape index (κ3) is 25.0. The lowest BCUT2D eigenvalue weighted by Crippen LogP contribution is -2.10. The summed E-state index contributed by atoms with van der Waals surface area (Å²) in [6, 6.07) is 0. The molecular weight excluding hydrogens is 92.1 g/mol. The first kappa shape index (κ1) is 15.8. The molecule has 0 amide bonds. The van der Waals surface area contributed by atoms with Gasteiger partial charge in [0.1, 0.15) is 0 Å². The van der Waals surface area contributed by atoms with Gasteiger partial charge in [-0.1, -0.05) is 14.9 Å². The molecule has 4 N–H and O–H groups in total. The molecule has 0 fully saturated rings. The summed E-state index contributed by atoms with van der Waals surface area (Å²) in [5, 5.41) is 0. The van der Waals surface area contributed by atoms with Crippen molar-refractivity contribution in [3.8, 4) is 0 Å². The van der Waals surface area contributed by atoms with Gasteiger partial charge >= 0.3 is 0 Å². The summed E-state index contributed by atoms with van der Waals surface area (Å²) in [5.74, 6) is 0. The van der Waals surface area contributed by atoms with E-state index in [9.17, 15) is 0 Å². The van der Waals surface area contributed by atoms with E-state index in [0.717, 1.165) is 0 Å². The van der Waals surface area contributed by atoms with Gasteiger partial charge in [0, 0.05) is 0 Å². The largest absolute Gasteiger partial charge is 0.352 e. The first-order valence-electron chi connectivity index (χ1n) is 1.39. The Morgan fingerprint density at radius 2 is 1.29 bits per heavy atom. The fraction of sp³-hybridized carbons (Fsp3) is 1.00. The Balaban J connectivity index is -0.0000000800. The van der Waals surface area contributed by atoms with E-state index in [2.05, 4.69) is 4.74 Å². The van der Waals surface area contributed by atoms with Crippen molar-refractivity contribution in [1.29, 1.82) is 0 Å². The van der Waals surface area contributed by atoms with E-state index in [1.54, 1.807) is 0 Å². The minimum atomic E-state index is 0. The third-order valence-electron chi connectivity index (χ3n) is 0.236. The monoisotopic (exact) mass is 108 g/mol. The lowest BCUT2D eigenvalue weighted by molar-refractivity contribution is 0.148. The van der Waals surface area contributed by atoms with Gasteiger partial charge in [0.2, 0.25) is 0 Å². The molecular formula is C4H16N2O. The zero-order valence-electron chi connectivity index (χ0n) is 2.98. The van der Waals surface area contributed by atoms with Crippen molar-refractivity contribution in [3.05, 3.63) is 0 Å². The van der Waals surface area contributed by atoms with Crippen molar-refractivity contribution in [2.75, 3.05) is 13.5 Å². The van der Waals surface area contributed by atoms with Gasteiger partial charge in [0.15, 0.2) is 0 Å². The van der Waals surface area contributed by atoms with Crippen molar-refractivity contribution in [2.45, 2.75) is 14.9 Å². The Kier molecular flexibility index (Phi) is 38.1. The minimum Gasteiger partial charge on any atom is -0.352 e. The van der Waals surface area contributed by atoms with Gasteiger partial charge in [-0.25, -0.2) is 0 Å². The van der Waals surface area contributed by atoms with Crippen LogP contribution in [0.1, 0.15) is 14.9 Å². The summed E-state index contributed by atoms with van der Waals surface area (Å²) in [7, 11) is 0. The minimum absolute atomic E-state index is 0. The van der Waals surface area contributed by atoms with Crippen LogP contribution >= 0.6 is 0 Å². The van der Waals surface area contributed by atoms with Crippen LogP contribution in [0.25, 0.3) is 0 Å². The Morgan fingerprint density at radius 3 is 1.29 bits per heavy atom. The van der Waals surface area contributed by atoms with Crippen molar-refractivity contribution < 1.29 is 4.74 Å². The first-order valence-corrected chi connectivity index (χ1v) is 1.39. The standard InChI is InChI=1S/C2H8N2O.2CH4/c3-1-5-2-4;;/h1-4H2;2*1H4. The quantitative estimate of drug-likeness (QED) is 0.493. The molecule has 0 aromatic carbocycles. The predicted octanol–water partition coefficient (Wildman–Crippen LogP) is 0.108. The molecule has 0 radical (unpaired) electrons. The van der Waals surface area contributed by atoms with Crippen molar-refractivity contribution >= 4 is 0 Å². The van der Waals surface area contributed by atoms with Crippen LogP contribution in [0.5, 0.6) is 0 Å². The highest BCUT2D eigenvalue weighted by atomic mass is 16.5. The van der Waals surface area contributed by atoms with E-state index in [1.807, 2.05) is 0 Å². The van der Waals surface area contributed by atoms with Crippen LogP contribution in [-0.4, -0.2) is 13.5 Å². The topological polar surface area (TPSA) is 61.3 Å². The highest BCUT2D eigenvalue weighted by Gasteiger charge is 1.63. The van der Waals surface area contributed by atoms with E-state index in [-0.39, 0.29) is 28.3 Å². The van der Waals surface area contributed by atoms with E-state index in [0.29, 0.717) is 0 Å². The molecule has 0 unspecified atom stereocenters. The summed E-state index contributed by atoms with van der Waals surface area (Å²) in [6.45, 7) is 0.438. The molecule has 0 saturated carbocycles. The first-order chi connectivity index (χ1) is 2.41. The Labute approximate surface area is 45.6 Å². The summed E-state index contributed by atoms with van der Waals surface area (Å²) in [4.78, 5) is 0. The third-order valence-corrected chi connectivity index (χ3v) is 0.236. The second-order valence-electron chi connectivity index (χ2n) is 0.537. The SMILES string of the molecule is C.C.NCOCN. The molecule has 0 aliphatic heterocycles. The second kappa shape index (κ2) is 16.9. The molecule has 0 bridgehead atoms. The molecule has 7 heavy (non-hydrogen) atoms. The van der Waals surface area contributed by atoms with E-state index in [4.69, 9.17) is 11.5 Å². The van der Waals surface area contributed by atoms with Crippen molar-refractivity contribution in [3.63, 3.8) is 0 Å². The van der Waals surface area contributed by atoms with Crippen molar-refractivity contribution in [1.82, 2.24) is 0 Å². The number of hydrogen-bond acceptors (Lipinski definition) is 3. The maximum atomic E-state index is 4.84. The number of hydrogen-bond donors (Lipinski definition) is 2. The molecule has 0 aromatic rings. The molecule has 0 aliphatic carbocycles. The molecule has 0 aromatic heterocycles. The van der Waals surface area contributed by atoms with Gasteiger partial charge in [-0.3, -0.25) is 0 Å². The summed E-state index contributed by atoms with van der Waals surface area (Å²) in [6.07, 6.45) is 0. The second-order valence-corrected chi connectivity index (χ2v) is 0.537. The number of nitrogens with two attached hydrogens (primary N) is 2. The fourth-order valence-corrected chi connectivity index (χ4v) is 0.0680. The molecule has 0 saturated heterocycles. The molecule has 48 valence electrons. The van der Waals surface area contributed by atoms with Crippen LogP contribution in [0.4, 0.5) is 0 Å². The maximum absolute atomic E-state index is 4.84. The molecule has 0 aliphatic rings. The smallest absolute Gasteiger partial charge is 0.0958 e. The summed E-state index contributed by atoms with van der Waals surface area (Å²) >= 11 is 0. The maximum Gasteiger partial charge on any atom is 0.0958 e. The molecule has 0 heterocycles. The molecule has 0 rings (SSSR count). The number of ether oxygens (including phenoxy) is 1. The van der Waals surface area contributed by atoms with Crippen LogP contribution in [0.15, 0.2) is 0 Å². The fourth-order valence-electron chi connectivity index (χ4n) is 0.0680. The number of rotatable bonds is 2. The van der Waals surface area contributed by atoms with E-state index < -0.39 is 0 Å². The highest BCUT2D eigenvalue weighted by molar-refractivity contribution is 4.01. The Bertz CT molecular complexity index is 17.2. The lowest BCUT2D eigenvalue weighted by atomic mass is 11.2.